The lowest BCUT2D eigenvalue weighted by Crippen LogP contribution is -2.37. The first-order chi connectivity index (χ1) is 15.7. The number of sulfone groups is 1. The van der Waals surface area contributed by atoms with Crippen molar-refractivity contribution >= 4 is 27.2 Å². The number of benzene rings is 1. The van der Waals surface area contributed by atoms with Crippen LogP contribution in [0, 0.1) is 6.92 Å². The minimum Gasteiger partial charge on any atom is -0.378 e. The molecule has 2 aromatic heterocycles. The van der Waals surface area contributed by atoms with Crippen molar-refractivity contribution in [2.45, 2.75) is 12.7 Å². The molecule has 0 unspecified atom stereocenters. The van der Waals surface area contributed by atoms with Crippen LogP contribution in [0.5, 0.6) is 0 Å². The molecule has 1 fully saturated rings. The van der Waals surface area contributed by atoms with Gasteiger partial charge in [-0.2, -0.15) is 0 Å². The van der Waals surface area contributed by atoms with Crippen molar-refractivity contribution in [3.05, 3.63) is 59.5 Å². The molecule has 0 bridgehead atoms. The van der Waals surface area contributed by atoms with Crippen LogP contribution in [-0.2, 0) is 27.4 Å². The first kappa shape index (κ1) is 22.9. The highest BCUT2D eigenvalue weighted by atomic mass is 32.2. The number of nitrogens with zero attached hydrogens (tertiary/aromatic N) is 4. The van der Waals surface area contributed by atoms with Crippen LogP contribution < -0.4 is 10.2 Å². The summed E-state index contributed by atoms with van der Waals surface area (Å²) in [4.78, 5) is 23.8. The number of rotatable bonds is 6. The quantitative estimate of drug-likeness (QED) is 0.591. The number of aromatic nitrogens is 3. The van der Waals surface area contributed by atoms with Crippen LogP contribution in [0.2, 0.25) is 0 Å². The third-order valence-electron chi connectivity index (χ3n) is 5.52. The van der Waals surface area contributed by atoms with E-state index in [9.17, 15) is 13.2 Å². The van der Waals surface area contributed by atoms with Crippen molar-refractivity contribution in [2.24, 2.45) is 7.05 Å². The van der Waals surface area contributed by atoms with Crippen molar-refractivity contribution in [1.29, 1.82) is 0 Å². The van der Waals surface area contributed by atoms with Crippen LogP contribution in [0.4, 0.5) is 11.5 Å². The monoisotopic (exact) mass is 469 g/mol. The Bertz CT molecular complexity index is 1260. The molecule has 10 heteroatoms. The normalized spacial score (nSPS) is 14.3. The molecule has 174 valence electrons. The summed E-state index contributed by atoms with van der Waals surface area (Å²) in [5, 5.41) is 2.89. The average Bonchev–Trinajstić information content (AvgIpc) is 3.12. The topological polar surface area (TPSA) is 106 Å². The summed E-state index contributed by atoms with van der Waals surface area (Å²) in [7, 11) is -1.41. The minimum absolute atomic E-state index is 0.163. The standard InChI is InChI=1S/C23H27N5O4S/c1-16-4-9-20(27(16)2)23(29)25-18-7-5-17(6-8-18)22-24-19(15-33(3,30)31)14-21(26-22)28-10-12-32-13-11-28/h4-9,14H,10-13,15H2,1-3H3,(H,25,29). The lowest BCUT2D eigenvalue weighted by Gasteiger charge is -2.28. The van der Waals surface area contributed by atoms with Crippen LogP contribution >= 0.6 is 0 Å². The highest BCUT2D eigenvalue weighted by Gasteiger charge is 2.18. The first-order valence-corrected chi connectivity index (χ1v) is 12.7. The Morgan fingerprint density at radius 3 is 2.39 bits per heavy atom. The molecule has 0 saturated carbocycles. The molecule has 9 nitrogen and oxygen atoms in total. The largest absolute Gasteiger partial charge is 0.378 e. The Hall–Kier alpha value is -3.24. The Kier molecular flexibility index (Phi) is 6.48. The molecular formula is C23H27N5O4S. The molecule has 1 aliphatic rings. The molecule has 3 heterocycles. The van der Waals surface area contributed by atoms with Crippen molar-refractivity contribution in [1.82, 2.24) is 14.5 Å². The van der Waals surface area contributed by atoms with E-state index in [1.165, 1.54) is 6.26 Å². The van der Waals surface area contributed by atoms with E-state index in [1.54, 1.807) is 24.3 Å². The summed E-state index contributed by atoms with van der Waals surface area (Å²) in [6, 6.07) is 12.6. The maximum atomic E-state index is 12.6. The Labute approximate surface area is 193 Å². The highest BCUT2D eigenvalue weighted by molar-refractivity contribution is 7.89. The average molecular weight is 470 g/mol. The smallest absolute Gasteiger partial charge is 0.272 e. The maximum Gasteiger partial charge on any atom is 0.272 e. The number of aryl methyl sites for hydroxylation is 1. The summed E-state index contributed by atoms with van der Waals surface area (Å²) in [6.45, 7) is 4.48. The molecule has 3 aromatic rings. The molecule has 0 atom stereocenters. The van der Waals surface area contributed by atoms with Gasteiger partial charge in [0.15, 0.2) is 15.7 Å². The summed E-state index contributed by atoms with van der Waals surface area (Å²) < 4.78 is 31.0. The van der Waals surface area contributed by atoms with Crippen molar-refractivity contribution < 1.29 is 17.9 Å². The van der Waals surface area contributed by atoms with Gasteiger partial charge in [-0.3, -0.25) is 4.79 Å². The van der Waals surface area contributed by atoms with Gasteiger partial charge in [0, 0.05) is 49.4 Å². The van der Waals surface area contributed by atoms with Gasteiger partial charge in [0.25, 0.3) is 5.91 Å². The molecule has 0 spiro atoms. The van der Waals surface area contributed by atoms with Gasteiger partial charge in [-0.1, -0.05) is 0 Å². The third kappa shape index (κ3) is 5.58. The molecule has 0 radical (unpaired) electrons. The molecule has 4 rings (SSSR count). The second-order valence-electron chi connectivity index (χ2n) is 8.16. The van der Waals surface area contributed by atoms with E-state index in [1.807, 2.05) is 36.7 Å². The number of ether oxygens (including phenoxy) is 1. The summed E-state index contributed by atoms with van der Waals surface area (Å²) >= 11 is 0. The van der Waals surface area contributed by atoms with Gasteiger partial charge in [0.05, 0.1) is 24.7 Å². The zero-order valence-corrected chi connectivity index (χ0v) is 19.7. The fourth-order valence-electron chi connectivity index (χ4n) is 3.65. The van der Waals surface area contributed by atoms with Crippen molar-refractivity contribution in [2.75, 3.05) is 42.8 Å². The van der Waals surface area contributed by atoms with Crippen molar-refractivity contribution in [3.63, 3.8) is 0 Å². The number of nitrogens with one attached hydrogen (secondary N) is 1. The zero-order valence-electron chi connectivity index (χ0n) is 18.9. The highest BCUT2D eigenvalue weighted by Crippen LogP contribution is 2.24. The van der Waals surface area contributed by atoms with Crippen LogP contribution in [0.1, 0.15) is 21.9 Å². The van der Waals surface area contributed by atoms with Gasteiger partial charge >= 0.3 is 0 Å². The van der Waals surface area contributed by atoms with E-state index in [2.05, 4.69) is 20.2 Å². The lowest BCUT2D eigenvalue weighted by atomic mass is 10.2. The van der Waals surface area contributed by atoms with E-state index in [0.717, 1.165) is 11.3 Å². The molecule has 33 heavy (non-hydrogen) atoms. The van der Waals surface area contributed by atoms with Gasteiger partial charge in [-0.05, 0) is 43.3 Å². The second-order valence-corrected chi connectivity index (χ2v) is 10.3. The third-order valence-corrected chi connectivity index (χ3v) is 6.34. The van der Waals surface area contributed by atoms with E-state index < -0.39 is 9.84 Å². The van der Waals surface area contributed by atoms with Crippen molar-refractivity contribution in [3.8, 4) is 11.4 Å². The number of hydrogen-bond acceptors (Lipinski definition) is 7. The van der Waals surface area contributed by atoms with Gasteiger partial charge in [-0.15, -0.1) is 0 Å². The van der Waals surface area contributed by atoms with E-state index >= 15 is 0 Å². The zero-order chi connectivity index (χ0) is 23.6. The van der Waals surface area contributed by atoms with Crippen LogP contribution in [0.3, 0.4) is 0 Å². The molecule has 1 saturated heterocycles. The number of morpholine rings is 1. The second kappa shape index (κ2) is 9.32. The fraction of sp³-hybridized carbons (Fsp3) is 0.348. The Morgan fingerprint density at radius 1 is 1.09 bits per heavy atom. The van der Waals surface area contributed by atoms with E-state index in [-0.39, 0.29) is 11.7 Å². The van der Waals surface area contributed by atoms with E-state index in [4.69, 9.17) is 4.74 Å². The number of carbonyl (C=O) groups is 1. The predicted octanol–water partition coefficient (Wildman–Crippen LogP) is 2.42. The van der Waals surface area contributed by atoms with Crippen LogP contribution in [0.25, 0.3) is 11.4 Å². The molecule has 1 N–H and O–H groups in total. The number of carbonyl (C=O) groups excluding carboxylic acids is 1. The Balaban J connectivity index is 1.60. The molecule has 1 amide bonds. The maximum absolute atomic E-state index is 12.6. The van der Waals surface area contributed by atoms with Gasteiger partial charge in [0.1, 0.15) is 11.5 Å². The summed E-state index contributed by atoms with van der Waals surface area (Å²) in [6.07, 6.45) is 1.19. The van der Waals surface area contributed by atoms with Crippen LogP contribution in [-0.4, -0.2) is 61.4 Å². The number of amides is 1. The van der Waals surface area contributed by atoms with Crippen LogP contribution in [0.15, 0.2) is 42.5 Å². The number of hydrogen-bond donors (Lipinski definition) is 1. The molecular weight excluding hydrogens is 442 g/mol. The summed E-state index contributed by atoms with van der Waals surface area (Å²) in [5.41, 5.74) is 3.39. The number of anilines is 2. The van der Waals surface area contributed by atoms with Gasteiger partial charge in [0.2, 0.25) is 0 Å². The predicted molar refractivity (Wildman–Crippen MR) is 127 cm³/mol. The summed E-state index contributed by atoms with van der Waals surface area (Å²) in [5.74, 6) is 0.760. The van der Waals surface area contributed by atoms with Gasteiger partial charge < -0.3 is 19.5 Å². The molecule has 1 aliphatic heterocycles. The lowest BCUT2D eigenvalue weighted by molar-refractivity contribution is 0.101. The Morgan fingerprint density at radius 2 is 1.79 bits per heavy atom. The molecule has 0 aliphatic carbocycles. The first-order valence-electron chi connectivity index (χ1n) is 10.6. The molecule has 1 aromatic carbocycles. The SMILES string of the molecule is Cc1ccc(C(=O)Nc2ccc(-c3nc(CS(C)(=O)=O)cc(N4CCOCC4)n3)cc2)n1C. The minimum atomic E-state index is -3.25. The van der Waals surface area contributed by atoms with Gasteiger partial charge in [-0.25, -0.2) is 18.4 Å². The van der Waals surface area contributed by atoms with E-state index in [0.29, 0.717) is 55.0 Å². The fourth-order valence-corrected chi connectivity index (χ4v) is 4.33.